The zero-order valence-electron chi connectivity index (χ0n) is 18.9. The van der Waals surface area contributed by atoms with Gasteiger partial charge in [0.1, 0.15) is 0 Å². The van der Waals surface area contributed by atoms with Gasteiger partial charge in [-0.1, -0.05) is 37.3 Å². The van der Waals surface area contributed by atoms with Crippen LogP contribution in [0.4, 0.5) is 0 Å². The number of aromatic nitrogens is 2. The molecule has 7 heteroatoms. The first-order valence-corrected chi connectivity index (χ1v) is 14.4. The van der Waals surface area contributed by atoms with E-state index in [0.29, 0.717) is 11.8 Å². The van der Waals surface area contributed by atoms with Crippen LogP contribution in [0.1, 0.15) is 25.3 Å². The minimum absolute atomic E-state index is 0.0423. The maximum atomic E-state index is 12.9. The third-order valence-electron chi connectivity index (χ3n) is 6.70. The zero-order valence-corrected chi connectivity index (χ0v) is 19.9. The van der Waals surface area contributed by atoms with Crippen molar-refractivity contribution in [3.8, 4) is 5.69 Å². The van der Waals surface area contributed by atoms with Crippen molar-refractivity contribution in [2.75, 3.05) is 6.61 Å². The molecule has 0 amide bonds. The first-order chi connectivity index (χ1) is 15.3. The van der Waals surface area contributed by atoms with Crippen molar-refractivity contribution in [2.45, 2.75) is 57.0 Å². The lowest BCUT2D eigenvalue weighted by Crippen LogP contribution is -2.40. The Balaban J connectivity index is 1.52. The molecule has 6 nitrogen and oxygen atoms in total. The molecule has 1 aliphatic heterocycles. The number of aliphatic hydroxyl groups excluding tert-OH is 1. The van der Waals surface area contributed by atoms with Gasteiger partial charge in [-0.05, 0) is 62.0 Å². The van der Waals surface area contributed by atoms with Gasteiger partial charge in [-0.2, -0.15) is 9.78 Å². The summed E-state index contributed by atoms with van der Waals surface area (Å²) in [6.45, 7) is 6.15. The molecule has 2 heterocycles. The number of aryl methyl sites for hydroxylation is 1. The molecule has 1 aliphatic rings. The van der Waals surface area contributed by atoms with Gasteiger partial charge in [-0.15, -0.1) is 0 Å². The van der Waals surface area contributed by atoms with Crippen molar-refractivity contribution >= 4 is 19.1 Å². The number of benzene rings is 2. The Kier molecular flexibility index (Phi) is 6.62. The van der Waals surface area contributed by atoms with Gasteiger partial charge in [0.2, 0.25) is 0 Å². The number of hydrogen-bond donors (Lipinski definition) is 2. The monoisotopic (exact) mass is 452 g/mol. The first-order valence-electron chi connectivity index (χ1n) is 11.3. The third kappa shape index (κ3) is 4.57. The lowest BCUT2D eigenvalue weighted by atomic mass is 9.95. The summed E-state index contributed by atoms with van der Waals surface area (Å²) in [7, 11) is -2.40. The number of aliphatic hydroxyl groups is 1. The summed E-state index contributed by atoms with van der Waals surface area (Å²) in [5.41, 5.74) is 1.85. The van der Waals surface area contributed by atoms with Crippen molar-refractivity contribution in [2.24, 2.45) is 5.92 Å². The van der Waals surface area contributed by atoms with E-state index < -0.39 is 8.32 Å². The van der Waals surface area contributed by atoms with Crippen LogP contribution in [0.25, 0.3) is 16.5 Å². The summed E-state index contributed by atoms with van der Waals surface area (Å²) < 4.78 is 7.76. The van der Waals surface area contributed by atoms with Gasteiger partial charge in [0, 0.05) is 17.5 Å². The van der Waals surface area contributed by atoms with Crippen LogP contribution in [-0.2, 0) is 11.2 Å². The number of fused-ring (bicyclic) bond motifs is 1. The van der Waals surface area contributed by atoms with Gasteiger partial charge in [0.15, 0.2) is 8.32 Å². The predicted molar refractivity (Wildman–Crippen MR) is 129 cm³/mol. The van der Waals surface area contributed by atoms with Crippen LogP contribution in [0, 0.1) is 5.92 Å². The molecule has 2 aromatic carbocycles. The van der Waals surface area contributed by atoms with Crippen molar-refractivity contribution in [1.29, 1.82) is 0 Å². The number of nitrogens with zero attached hydrogens (tertiary/aromatic N) is 2. The summed E-state index contributed by atoms with van der Waals surface area (Å²) in [4.78, 5) is 23.7. The maximum Gasteiger partial charge on any atom is 0.279 e. The second kappa shape index (κ2) is 9.27. The molecule has 4 atom stereocenters. The van der Waals surface area contributed by atoms with Crippen LogP contribution in [-0.4, -0.2) is 46.8 Å². The molecule has 2 N–H and O–H groups in total. The molecule has 0 aliphatic carbocycles. The van der Waals surface area contributed by atoms with E-state index >= 15 is 0 Å². The van der Waals surface area contributed by atoms with Crippen molar-refractivity contribution in [1.82, 2.24) is 9.78 Å². The number of rotatable bonds is 7. The highest BCUT2D eigenvalue weighted by molar-refractivity contribution is 6.71. The van der Waals surface area contributed by atoms with Crippen molar-refractivity contribution in [3.63, 3.8) is 0 Å². The van der Waals surface area contributed by atoms with Crippen LogP contribution in [0.5, 0.6) is 0 Å². The molecule has 32 heavy (non-hydrogen) atoms. The Hall–Kier alpha value is -2.32. The van der Waals surface area contributed by atoms with Gasteiger partial charge in [-0.25, -0.2) is 0 Å². The lowest BCUT2D eigenvalue weighted by molar-refractivity contribution is 0.0192. The Morgan fingerprint density at radius 1 is 1.09 bits per heavy atom. The third-order valence-corrected chi connectivity index (χ3v) is 9.23. The average molecular weight is 453 g/mol. The highest BCUT2D eigenvalue weighted by Crippen LogP contribution is 2.45. The largest absolute Gasteiger partial charge is 0.432 e. The molecule has 1 aromatic heterocycles. The van der Waals surface area contributed by atoms with E-state index in [1.54, 1.807) is 6.20 Å². The standard InChI is InChI=1S/C25H32N2O4Si/c1-17-22(31-23(13-14-28)24(17)32(2,3)30)12-11-18-7-6-9-20(15-18)27-25(29)21-10-5-4-8-19(21)16-26-27/h4-10,15-17,22-24,28,30H,11-14H2,1-3H3/t17-,22+,23-,24+/m0/s1. The van der Waals surface area contributed by atoms with Crippen LogP contribution in [0.15, 0.2) is 59.5 Å². The molecular formula is C25H32N2O4Si. The number of hydrogen-bond acceptors (Lipinski definition) is 5. The fourth-order valence-corrected chi connectivity index (χ4v) is 7.89. The predicted octanol–water partition coefficient (Wildman–Crippen LogP) is 3.67. The van der Waals surface area contributed by atoms with Gasteiger partial charge < -0.3 is 14.6 Å². The summed E-state index contributed by atoms with van der Waals surface area (Å²) in [6, 6.07) is 15.4. The highest BCUT2D eigenvalue weighted by atomic mass is 28.4. The molecular weight excluding hydrogens is 420 g/mol. The first kappa shape index (κ1) is 22.9. The molecule has 0 spiro atoms. The maximum absolute atomic E-state index is 12.9. The van der Waals surface area contributed by atoms with E-state index in [-0.39, 0.29) is 35.8 Å². The van der Waals surface area contributed by atoms with Crippen LogP contribution >= 0.6 is 0 Å². The van der Waals surface area contributed by atoms with Gasteiger partial charge in [0.25, 0.3) is 5.56 Å². The lowest BCUT2D eigenvalue weighted by Gasteiger charge is -2.30. The van der Waals surface area contributed by atoms with Crippen molar-refractivity contribution < 1.29 is 14.6 Å². The SMILES string of the molecule is C[C@@H]1[C@@H]([Si](C)(C)O)[C@H](CCO)O[C@@H]1CCc1cccc(-n2ncc3ccccc3c2=O)c1. The molecule has 1 saturated heterocycles. The summed E-state index contributed by atoms with van der Waals surface area (Å²) in [5.74, 6) is 0.242. The quantitative estimate of drug-likeness (QED) is 0.534. The molecule has 0 radical (unpaired) electrons. The molecule has 0 saturated carbocycles. The second-order valence-corrected chi connectivity index (χ2v) is 13.4. The van der Waals surface area contributed by atoms with Gasteiger partial charge in [0.05, 0.1) is 29.5 Å². The zero-order chi connectivity index (χ0) is 22.9. The second-order valence-electron chi connectivity index (χ2n) is 9.42. The van der Waals surface area contributed by atoms with Gasteiger partial charge in [-0.3, -0.25) is 4.79 Å². The molecule has 3 aromatic rings. The average Bonchev–Trinajstić information content (AvgIpc) is 3.08. The fraction of sp³-hybridized carbons (Fsp3) is 0.440. The van der Waals surface area contributed by atoms with Gasteiger partial charge >= 0.3 is 0 Å². The van der Waals surface area contributed by atoms with E-state index in [0.717, 1.165) is 29.5 Å². The fourth-order valence-electron chi connectivity index (χ4n) is 5.23. The Morgan fingerprint density at radius 2 is 1.88 bits per heavy atom. The van der Waals surface area contributed by atoms with Crippen LogP contribution < -0.4 is 5.56 Å². The summed E-state index contributed by atoms with van der Waals surface area (Å²) >= 11 is 0. The van der Waals surface area contributed by atoms with E-state index in [9.17, 15) is 14.7 Å². The normalized spacial score (nSPS) is 23.7. The highest BCUT2D eigenvalue weighted by Gasteiger charge is 2.49. The molecule has 0 bridgehead atoms. The Labute approximate surface area is 189 Å². The van der Waals surface area contributed by atoms with Crippen LogP contribution in [0.2, 0.25) is 18.6 Å². The Morgan fingerprint density at radius 3 is 2.62 bits per heavy atom. The van der Waals surface area contributed by atoms with Crippen LogP contribution in [0.3, 0.4) is 0 Å². The minimum atomic E-state index is -2.40. The number of ether oxygens (including phenoxy) is 1. The summed E-state index contributed by atoms with van der Waals surface area (Å²) in [6.07, 6.45) is 3.87. The molecule has 0 unspecified atom stereocenters. The van der Waals surface area contributed by atoms with Crippen molar-refractivity contribution in [3.05, 3.63) is 70.6 Å². The van der Waals surface area contributed by atoms with E-state index in [2.05, 4.69) is 18.1 Å². The minimum Gasteiger partial charge on any atom is -0.432 e. The molecule has 1 fully saturated rings. The van der Waals surface area contributed by atoms with E-state index in [1.165, 1.54) is 4.68 Å². The topological polar surface area (TPSA) is 84.6 Å². The smallest absolute Gasteiger partial charge is 0.279 e. The van der Waals surface area contributed by atoms with E-state index in [1.807, 2.05) is 55.6 Å². The van der Waals surface area contributed by atoms with E-state index in [4.69, 9.17) is 4.74 Å². The summed E-state index contributed by atoms with van der Waals surface area (Å²) in [5, 5.41) is 15.3. The Bertz CT molecular complexity index is 1140. The molecule has 4 rings (SSSR count). The molecule has 170 valence electrons.